The maximum atomic E-state index is 13.2. The number of carbonyl (C=O) groups excluding carboxylic acids is 2. The van der Waals surface area contributed by atoms with Gasteiger partial charge in [-0.05, 0) is 26.0 Å². The summed E-state index contributed by atoms with van der Waals surface area (Å²) >= 11 is 0. The summed E-state index contributed by atoms with van der Waals surface area (Å²) in [6.07, 6.45) is -3.63. The van der Waals surface area contributed by atoms with Gasteiger partial charge in [0, 0.05) is 12.1 Å². The van der Waals surface area contributed by atoms with Crippen LogP contribution in [0.1, 0.15) is 13.8 Å². The van der Waals surface area contributed by atoms with Crippen LogP contribution in [-0.4, -0.2) is 28.5 Å². The van der Waals surface area contributed by atoms with Crippen molar-refractivity contribution < 1.29 is 28.0 Å². The quantitative estimate of drug-likeness (QED) is 0.384. The number of benzene rings is 1. The number of carbonyl (C=O) groups is 2. The molecule has 24 heavy (non-hydrogen) atoms. The predicted molar refractivity (Wildman–Crippen MR) is 79.0 cm³/mol. The number of urea groups is 1. The Morgan fingerprint density at radius 1 is 1.42 bits per heavy atom. The minimum Gasteiger partial charge on any atom is -0.422 e. The fourth-order valence-corrected chi connectivity index (χ4v) is 2.05. The van der Waals surface area contributed by atoms with E-state index in [0.717, 1.165) is 18.2 Å². The molecule has 1 N–H and O–H groups in total. The summed E-state index contributed by atoms with van der Waals surface area (Å²) in [6.45, 7) is 5.79. The van der Waals surface area contributed by atoms with Crippen LogP contribution in [0.3, 0.4) is 0 Å². The molecule has 0 saturated carbocycles. The van der Waals surface area contributed by atoms with E-state index in [1.54, 1.807) is 0 Å². The van der Waals surface area contributed by atoms with E-state index in [2.05, 4.69) is 16.6 Å². The van der Waals surface area contributed by atoms with E-state index in [4.69, 9.17) is 0 Å². The maximum absolute atomic E-state index is 13.2. The number of amides is 3. The van der Waals surface area contributed by atoms with Gasteiger partial charge >= 0.3 is 17.8 Å². The summed E-state index contributed by atoms with van der Waals surface area (Å²) < 4.78 is 30.7. The average molecular weight is 341 g/mol. The molecule has 8 nitrogen and oxygen atoms in total. The number of hydrogen-bond donors (Lipinski definition) is 1. The number of ether oxygens (including phenoxy) is 1. The van der Waals surface area contributed by atoms with Crippen LogP contribution in [0.15, 0.2) is 30.9 Å². The SMILES string of the molecule is C=CC(F)(F)Oc1ccc(N2C(=O)NC(C)(C)C2=O)cc1[N+](=O)[O-]. The van der Waals surface area contributed by atoms with Gasteiger partial charge in [-0.3, -0.25) is 14.9 Å². The topological polar surface area (TPSA) is 102 Å². The van der Waals surface area contributed by atoms with Gasteiger partial charge in [0.25, 0.3) is 5.91 Å². The molecule has 0 atom stereocenters. The van der Waals surface area contributed by atoms with Gasteiger partial charge in [0.2, 0.25) is 5.75 Å². The van der Waals surface area contributed by atoms with Crippen molar-refractivity contribution in [3.8, 4) is 5.75 Å². The lowest BCUT2D eigenvalue weighted by Gasteiger charge is -2.17. The molecule has 1 fully saturated rings. The molecular weight excluding hydrogens is 328 g/mol. The zero-order valence-electron chi connectivity index (χ0n) is 12.7. The van der Waals surface area contributed by atoms with Crippen molar-refractivity contribution in [2.45, 2.75) is 25.5 Å². The average Bonchev–Trinajstić information content (AvgIpc) is 2.67. The Hall–Kier alpha value is -3.04. The molecule has 1 heterocycles. The van der Waals surface area contributed by atoms with E-state index in [0.29, 0.717) is 4.90 Å². The number of nitrogens with zero attached hydrogens (tertiary/aromatic N) is 2. The Kier molecular flexibility index (Phi) is 4.00. The molecule has 0 aliphatic carbocycles. The zero-order valence-corrected chi connectivity index (χ0v) is 12.7. The van der Waals surface area contributed by atoms with Crippen LogP contribution in [0, 0.1) is 10.1 Å². The van der Waals surface area contributed by atoms with Gasteiger partial charge in [0.15, 0.2) is 0 Å². The molecule has 0 bridgehead atoms. The molecule has 2 rings (SSSR count). The summed E-state index contributed by atoms with van der Waals surface area (Å²) in [6, 6.07) is 2.02. The highest BCUT2D eigenvalue weighted by atomic mass is 19.3. The molecule has 1 aliphatic heterocycles. The molecule has 1 aromatic rings. The van der Waals surface area contributed by atoms with Gasteiger partial charge in [-0.1, -0.05) is 6.58 Å². The van der Waals surface area contributed by atoms with Crippen molar-refractivity contribution in [2.24, 2.45) is 0 Å². The summed E-state index contributed by atoms with van der Waals surface area (Å²) in [5, 5.41) is 13.5. The molecule has 1 saturated heterocycles. The molecule has 1 aliphatic rings. The first kappa shape index (κ1) is 17.3. The number of nitrogens with one attached hydrogen (secondary N) is 1. The Balaban J connectivity index is 2.47. The first-order chi connectivity index (χ1) is 11.0. The first-order valence-corrected chi connectivity index (χ1v) is 6.64. The van der Waals surface area contributed by atoms with Crippen LogP contribution < -0.4 is 15.0 Å². The molecule has 0 radical (unpaired) electrons. The summed E-state index contributed by atoms with van der Waals surface area (Å²) in [4.78, 5) is 34.9. The number of hydrogen-bond acceptors (Lipinski definition) is 5. The normalized spacial score (nSPS) is 16.8. The molecule has 0 spiro atoms. The molecule has 10 heteroatoms. The standard InChI is InChI=1S/C14H13F2N3O5/c1-4-14(15,16)24-10-6-5-8(7-9(10)19(22)23)18-11(20)13(2,3)17-12(18)21/h4-7H,1H2,2-3H3,(H,17,21). The van der Waals surface area contributed by atoms with Crippen molar-refractivity contribution in [3.05, 3.63) is 41.0 Å². The molecule has 3 amide bonds. The van der Waals surface area contributed by atoms with Gasteiger partial charge in [0.05, 0.1) is 10.6 Å². The third-order valence-corrected chi connectivity index (χ3v) is 3.24. The lowest BCUT2D eigenvalue weighted by molar-refractivity contribution is -0.386. The molecule has 128 valence electrons. The van der Waals surface area contributed by atoms with Crippen LogP contribution in [0.2, 0.25) is 0 Å². The second kappa shape index (κ2) is 5.55. The number of nitro groups is 1. The summed E-state index contributed by atoms with van der Waals surface area (Å²) in [7, 11) is 0. The van der Waals surface area contributed by atoms with Gasteiger partial charge in [-0.2, -0.15) is 8.78 Å². The third-order valence-electron chi connectivity index (χ3n) is 3.24. The number of anilines is 1. The maximum Gasteiger partial charge on any atom is 0.419 e. The fraction of sp³-hybridized carbons (Fsp3) is 0.286. The predicted octanol–water partition coefficient (Wildman–Crippen LogP) is 2.59. The smallest absolute Gasteiger partial charge is 0.419 e. The third kappa shape index (κ3) is 3.03. The van der Waals surface area contributed by atoms with E-state index in [-0.39, 0.29) is 11.8 Å². The van der Waals surface area contributed by atoms with Crippen molar-refractivity contribution in [1.82, 2.24) is 5.32 Å². The highest BCUT2D eigenvalue weighted by Gasteiger charge is 2.45. The van der Waals surface area contributed by atoms with Crippen LogP contribution in [-0.2, 0) is 4.79 Å². The number of nitro benzene ring substituents is 1. The van der Waals surface area contributed by atoms with E-state index < -0.39 is 39.9 Å². The van der Waals surface area contributed by atoms with Gasteiger partial charge in [-0.25, -0.2) is 9.69 Å². The van der Waals surface area contributed by atoms with Gasteiger partial charge in [0.1, 0.15) is 5.54 Å². The Bertz CT molecular complexity index is 748. The lowest BCUT2D eigenvalue weighted by atomic mass is 10.1. The lowest BCUT2D eigenvalue weighted by Crippen LogP contribution is -2.40. The molecule has 1 aromatic carbocycles. The summed E-state index contributed by atoms with van der Waals surface area (Å²) in [5.41, 5.74) is -2.14. The van der Waals surface area contributed by atoms with Crippen molar-refractivity contribution >= 4 is 23.3 Å². The van der Waals surface area contributed by atoms with Gasteiger partial charge < -0.3 is 10.1 Å². The van der Waals surface area contributed by atoms with Crippen molar-refractivity contribution in [2.75, 3.05) is 4.90 Å². The van der Waals surface area contributed by atoms with E-state index in [1.165, 1.54) is 13.8 Å². The van der Waals surface area contributed by atoms with E-state index in [9.17, 15) is 28.5 Å². The number of halogens is 2. The number of imide groups is 1. The molecular formula is C14H13F2N3O5. The Morgan fingerprint density at radius 3 is 2.50 bits per heavy atom. The minimum atomic E-state index is -3.81. The molecule has 0 unspecified atom stereocenters. The number of rotatable bonds is 5. The summed E-state index contributed by atoms with van der Waals surface area (Å²) in [5.74, 6) is -1.35. The van der Waals surface area contributed by atoms with Crippen LogP contribution in [0.4, 0.5) is 25.0 Å². The highest BCUT2D eigenvalue weighted by molar-refractivity contribution is 6.23. The fourth-order valence-electron chi connectivity index (χ4n) is 2.05. The second-order valence-electron chi connectivity index (χ2n) is 5.47. The van der Waals surface area contributed by atoms with Crippen molar-refractivity contribution in [1.29, 1.82) is 0 Å². The number of alkyl halides is 2. The monoisotopic (exact) mass is 341 g/mol. The Morgan fingerprint density at radius 2 is 2.04 bits per heavy atom. The molecule has 0 aromatic heterocycles. The Labute approximate surface area is 134 Å². The van der Waals surface area contributed by atoms with Crippen molar-refractivity contribution in [3.63, 3.8) is 0 Å². The largest absolute Gasteiger partial charge is 0.422 e. The zero-order chi connectivity index (χ0) is 18.3. The second-order valence-corrected chi connectivity index (χ2v) is 5.47. The van der Waals surface area contributed by atoms with Crippen LogP contribution in [0.25, 0.3) is 0 Å². The van der Waals surface area contributed by atoms with Gasteiger partial charge in [-0.15, -0.1) is 0 Å². The highest BCUT2D eigenvalue weighted by Crippen LogP contribution is 2.36. The first-order valence-electron chi connectivity index (χ1n) is 6.64. The van der Waals surface area contributed by atoms with E-state index >= 15 is 0 Å². The van der Waals surface area contributed by atoms with E-state index in [1.807, 2.05) is 0 Å². The minimum absolute atomic E-state index is 0.135. The van der Waals surface area contributed by atoms with Crippen LogP contribution in [0.5, 0.6) is 5.75 Å². The van der Waals surface area contributed by atoms with Crippen LogP contribution >= 0.6 is 0 Å².